The van der Waals surface area contributed by atoms with E-state index in [-0.39, 0.29) is 0 Å². The summed E-state index contributed by atoms with van der Waals surface area (Å²) in [4.78, 5) is 35.2. The summed E-state index contributed by atoms with van der Waals surface area (Å²) in [7, 11) is 0. The number of esters is 2. The van der Waals surface area contributed by atoms with Gasteiger partial charge >= 0.3 is 30.0 Å². The topological polar surface area (TPSA) is 114 Å². The molecule has 14 heteroatoms. The Hall–Kier alpha value is -3.03. The van der Waals surface area contributed by atoms with Crippen molar-refractivity contribution in [1.29, 1.82) is 0 Å². The molecule has 180 valence electrons. The van der Waals surface area contributed by atoms with E-state index in [0.717, 1.165) is 0 Å². The molecule has 1 rings (SSSR count). The third kappa shape index (κ3) is 5.23. The number of nitrogens with one attached hydrogen (secondary N) is 2. The average Bonchev–Trinajstić information content (AvgIpc) is 2.65. The third-order valence-corrected chi connectivity index (χ3v) is 3.99. The van der Waals surface area contributed by atoms with Crippen LogP contribution in [0.4, 0.5) is 32.0 Å². The lowest BCUT2D eigenvalue weighted by Crippen LogP contribution is -2.69. The van der Waals surface area contributed by atoms with Crippen LogP contribution in [0.3, 0.4) is 0 Å². The third-order valence-electron chi connectivity index (χ3n) is 3.99. The Bertz CT molecular complexity index is 842. The number of amides is 1. The Balaban J connectivity index is 3.49. The van der Waals surface area contributed by atoms with Gasteiger partial charge in [0, 0.05) is 18.2 Å². The van der Waals surface area contributed by atoms with Crippen molar-refractivity contribution in [3.05, 3.63) is 29.8 Å². The van der Waals surface area contributed by atoms with E-state index in [1.54, 1.807) is 5.32 Å². The minimum absolute atomic E-state index is 0.477. The molecule has 0 aliphatic rings. The number of benzene rings is 1. The number of ether oxygens (including phenoxy) is 2. The van der Waals surface area contributed by atoms with Gasteiger partial charge in [-0.25, -0.2) is 9.59 Å². The Morgan fingerprint density at radius 3 is 1.72 bits per heavy atom. The molecular formula is C18H20F6N2O6. The second-order valence-corrected chi connectivity index (χ2v) is 6.28. The maximum absolute atomic E-state index is 13.8. The number of alkyl halides is 6. The van der Waals surface area contributed by atoms with E-state index in [2.05, 4.69) is 9.47 Å². The predicted molar refractivity (Wildman–Crippen MR) is 95.9 cm³/mol. The number of hydrogen-bond acceptors (Lipinski definition) is 7. The summed E-state index contributed by atoms with van der Waals surface area (Å²) in [6, 6.07) is 2.28. The molecule has 0 saturated heterocycles. The van der Waals surface area contributed by atoms with Crippen LogP contribution in [-0.2, 0) is 29.5 Å². The van der Waals surface area contributed by atoms with Crippen LogP contribution in [0.2, 0.25) is 0 Å². The van der Waals surface area contributed by atoms with Crippen molar-refractivity contribution in [2.24, 2.45) is 0 Å². The summed E-state index contributed by atoms with van der Waals surface area (Å²) in [5.74, 6) is -5.24. The van der Waals surface area contributed by atoms with E-state index >= 15 is 0 Å². The van der Waals surface area contributed by atoms with Gasteiger partial charge in [0.25, 0.3) is 5.60 Å². The van der Waals surface area contributed by atoms with Crippen molar-refractivity contribution < 1.29 is 55.3 Å². The van der Waals surface area contributed by atoms with Gasteiger partial charge in [-0.15, -0.1) is 0 Å². The highest BCUT2D eigenvalue weighted by Crippen LogP contribution is 2.41. The molecule has 0 bridgehead atoms. The van der Waals surface area contributed by atoms with Gasteiger partial charge in [0.1, 0.15) is 0 Å². The summed E-state index contributed by atoms with van der Waals surface area (Å²) in [5, 5.41) is 13.1. The van der Waals surface area contributed by atoms with Crippen molar-refractivity contribution in [2.75, 3.05) is 18.5 Å². The maximum Gasteiger partial charge on any atom is 0.441 e. The lowest BCUT2D eigenvalue weighted by molar-refractivity contribution is -0.267. The second-order valence-electron chi connectivity index (χ2n) is 6.28. The molecular weight excluding hydrogens is 454 g/mol. The molecule has 0 aliphatic heterocycles. The van der Waals surface area contributed by atoms with Gasteiger partial charge in [-0.3, -0.25) is 4.79 Å². The largest absolute Gasteiger partial charge is 0.463 e. The standard InChI is InChI=1S/C18H20F6N2O6/c1-4-31-13(28)15(30,17(19,20)21)11-6-8-12(9-7-11)26-16(18(22,23)24,25-10(3)27)14(29)32-5-2/h6-9,26,30H,4-5H2,1-3H3,(H,25,27). The van der Waals surface area contributed by atoms with Gasteiger partial charge in [0.15, 0.2) is 0 Å². The smallest absolute Gasteiger partial charge is 0.441 e. The summed E-state index contributed by atoms with van der Waals surface area (Å²) in [6.07, 6.45) is -11.0. The maximum atomic E-state index is 13.8. The van der Waals surface area contributed by atoms with Crippen molar-refractivity contribution in [1.82, 2.24) is 5.32 Å². The van der Waals surface area contributed by atoms with E-state index in [1.165, 1.54) is 19.2 Å². The van der Waals surface area contributed by atoms with Crippen LogP contribution in [0.1, 0.15) is 26.3 Å². The Kier molecular flexibility index (Phi) is 8.12. The summed E-state index contributed by atoms with van der Waals surface area (Å²) < 4.78 is 90.2. The minimum Gasteiger partial charge on any atom is -0.463 e. The fourth-order valence-corrected chi connectivity index (χ4v) is 2.54. The molecule has 2 atom stereocenters. The van der Waals surface area contributed by atoms with E-state index in [1.807, 2.05) is 0 Å². The van der Waals surface area contributed by atoms with Gasteiger partial charge < -0.3 is 25.2 Å². The molecule has 3 N–H and O–H groups in total. The van der Waals surface area contributed by atoms with Crippen LogP contribution in [0, 0.1) is 0 Å². The zero-order valence-corrected chi connectivity index (χ0v) is 17.0. The normalized spacial score (nSPS) is 15.7. The summed E-state index contributed by atoms with van der Waals surface area (Å²) in [5.41, 5.74) is -9.51. The van der Waals surface area contributed by atoms with Gasteiger partial charge in [0.05, 0.1) is 13.2 Å². The van der Waals surface area contributed by atoms with Crippen LogP contribution < -0.4 is 10.6 Å². The fourth-order valence-electron chi connectivity index (χ4n) is 2.54. The highest BCUT2D eigenvalue weighted by atomic mass is 19.4. The zero-order valence-electron chi connectivity index (χ0n) is 17.0. The molecule has 1 aromatic rings. The highest BCUT2D eigenvalue weighted by molar-refractivity contribution is 5.90. The Morgan fingerprint density at radius 1 is 0.875 bits per heavy atom. The van der Waals surface area contributed by atoms with Crippen LogP contribution in [0.15, 0.2) is 24.3 Å². The lowest BCUT2D eigenvalue weighted by Gasteiger charge is -2.35. The number of rotatable bonds is 8. The van der Waals surface area contributed by atoms with Crippen molar-refractivity contribution >= 4 is 23.5 Å². The van der Waals surface area contributed by atoms with Crippen molar-refractivity contribution in [3.8, 4) is 0 Å². The lowest BCUT2D eigenvalue weighted by atomic mass is 9.92. The first-order valence-corrected chi connectivity index (χ1v) is 8.94. The van der Waals surface area contributed by atoms with Crippen LogP contribution >= 0.6 is 0 Å². The molecule has 32 heavy (non-hydrogen) atoms. The van der Waals surface area contributed by atoms with Crippen molar-refractivity contribution in [3.63, 3.8) is 0 Å². The molecule has 0 aliphatic carbocycles. The molecule has 1 amide bonds. The zero-order chi connectivity index (χ0) is 25.0. The molecule has 0 spiro atoms. The molecule has 0 fully saturated rings. The molecule has 1 aromatic carbocycles. The first-order chi connectivity index (χ1) is 14.6. The van der Waals surface area contributed by atoms with Crippen LogP contribution in [-0.4, -0.2) is 54.2 Å². The molecule has 0 aromatic heterocycles. The van der Waals surface area contributed by atoms with E-state index < -0.39 is 65.9 Å². The summed E-state index contributed by atoms with van der Waals surface area (Å²) in [6.45, 7) is 2.16. The first kappa shape index (κ1) is 27.0. The number of anilines is 1. The van der Waals surface area contributed by atoms with Gasteiger partial charge in [-0.1, -0.05) is 12.1 Å². The predicted octanol–water partition coefficient (Wildman–Crippen LogP) is 2.37. The average molecular weight is 474 g/mol. The fraction of sp³-hybridized carbons (Fsp3) is 0.500. The molecule has 0 heterocycles. The van der Waals surface area contributed by atoms with Crippen molar-refractivity contribution in [2.45, 2.75) is 44.4 Å². The minimum atomic E-state index is -5.52. The number of carbonyl (C=O) groups excluding carboxylic acids is 3. The monoisotopic (exact) mass is 474 g/mol. The molecule has 0 saturated carbocycles. The van der Waals surface area contributed by atoms with E-state index in [0.29, 0.717) is 31.2 Å². The van der Waals surface area contributed by atoms with Gasteiger partial charge in [-0.2, -0.15) is 26.3 Å². The number of halogens is 6. The molecule has 2 unspecified atom stereocenters. The molecule has 8 nitrogen and oxygen atoms in total. The number of hydrogen-bond donors (Lipinski definition) is 3. The number of carbonyl (C=O) groups is 3. The van der Waals surface area contributed by atoms with Crippen LogP contribution in [0.5, 0.6) is 0 Å². The Morgan fingerprint density at radius 2 is 1.34 bits per heavy atom. The highest BCUT2D eigenvalue weighted by Gasteiger charge is 2.64. The first-order valence-electron chi connectivity index (χ1n) is 8.94. The molecule has 0 radical (unpaired) electrons. The van der Waals surface area contributed by atoms with Crippen LogP contribution in [0.25, 0.3) is 0 Å². The van der Waals surface area contributed by atoms with Gasteiger partial charge in [0.2, 0.25) is 5.91 Å². The van der Waals surface area contributed by atoms with Gasteiger partial charge in [-0.05, 0) is 26.0 Å². The van der Waals surface area contributed by atoms with E-state index in [4.69, 9.17) is 0 Å². The SMILES string of the molecule is CCOC(=O)C(NC(C)=O)(Nc1ccc(C(O)(C(=O)OCC)C(F)(F)F)cc1)C(F)(F)F. The Labute approximate surface area is 177 Å². The van der Waals surface area contributed by atoms with E-state index in [9.17, 15) is 45.8 Å². The summed E-state index contributed by atoms with van der Waals surface area (Å²) >= 11 is 0. The quantitative estimate of drug-likeness (QED) is 0.301. The number of aliphatic hydroxyl groups is 1. The second kappa shape index (κ2) is 9.63.